The Balaban J connectivity index is 1.83. The van der Waals surface area contributed by atoms with Crippen molar-refractivity contribution in [3.8, 4) is 0 Å². The van der Waals surface area contributed by atoms with Gasteiger partial charge in [0, 0.05) is 15.6 Å². The van der Waals surface area contributed by atoms with E-state index in [9.17, 15) is 0 Å². The third-order valence-corrected chi connectivity index (χ3v) is 5.54. The van der Waals surface area contributed by atoms with E-state index in [4.69, 9.17) is 0 Å². The molecule has 1 aromatic carbocycles. The summed E-state index contributed by atoms with van der Waals surface area (Å²) >= 11 is 1.99. The monoisotopic (exact) mass is 259 g/mol. The Morgan fingerprint density at radius 1 is 1.28 bits per heavy atom. The Morgan fingerprint density at radius 3 is 2.83 bits per heavy atom. The normalized spacial score (nSPS) is 27.3. The zero-order valence-electron chi connectivity index (χ0n) is 11.1. The zero-order chi connectivity index (χ0) is 12.5. The Hall–Kier alpha value is -0.860. The first kappa shape index (κ1) is 12.2. The van der Waals surface area contributed by atoms with Gasteiger partial charge in [-0.2, -0.15) is 0 Å². The summed E-state index contributed by atoms with van der Waals surface area (Å²) in [5, 5.41) is 5.04. The second-order valence-corrected chi connectivity index (χ2v) is 6.38. The van der Waals surface area contributed by atoms with Crippen LogP contribution >= 0.6 is 11.3 Å². The van der Waals surface area contributed by atoms with Crippen LogP contribution in [0.25, 0.3) is 10.1 Å². The standard InChI is InChI=1S/C16H21NS/c1-3-12-13(10-14(12)17-4-2)16-9-11-7-5-6-8-15(11)18-16/h5-9,12-14,17H,3-4,10H2,1-2H3. The lowest BCUT2D eigenvalue weighted by atomic mass is 9.67. The van der Waals surface area contributed by atoms with Crippen molar-refractivity contribution >= 4 is 21.4 Å². The largest absolute Gasteiger partial charge is 0.314 e. The third kappa shape index (κ3) is 1.98. The van der Waals surface area contributed by atoms with Crippen LogP contribution in [0.2, 0.25) is 0 Å². The predicted octanol–water partition coefficient (Wildman–Crippen LogP) is 4.39. The van der Waals surface area contributed by atoms with Crippen molar-refractivity contribution in [2.24, 2.45) is 5.92 Å². The zero-order valence-corrected chi connectivity index (χ0v) is 12.0. The maximum absolute atomic E-state index is 3.62. The Kier molecular flexibility index (Phi) is 3.40. The molecule has 1 saturated carbocycles. The molecule has 1 aliphatic rings. The molecular formula is C16H21NS. The van der Waals surface area contributed by atoms with E-state index >= 15 is 0 Å². The third-order valence-electron chi connectivity index (χ3n) is 4.29. The van der Waals surface area contributed by atoms with Crippen LogP contribution in [0.4, 0.5) is 0 Å². The lowest BCUT2D eigenvalue weighted by Gasteiger charge is -2.44. The van der Waals surface area contributed by atoms with E-state index in [1.807, 2.05) is 11.3 Å². The van der Waals surface area contributed by atoms with Crippen LogP contribution in [0.5, 0.6) is 0 Å². The molecule has 18 heavy (non-hydrogen) atoms. The van der Waals surface area contributed by atoms with E-state index in [2.05, 4.69) is 49.5 Å². The van der Waals surface area contributed by atoms with E-state index in [1.54, 1.807) is 4.88 Å². The van der Waals surface area contributed by atoms with Gasteiger partial charge in [-0.15, -0.1) is 11.3 Å². The average molecular weight is 259 g/mol. The molecule has 0 aliphatic heterocycles. The second-order valence-electron chi connectivity index (χ2n) is 5.27. The summed E-state index contributed by atoms with van der Waals surface area (Å²) < 4.78 is 1.44. The van der Waals surface area contributed by atoms with Gasteiger partial charge < -0.3 is 5.32 Å². The first-order chi connectivity index (χ1) is 8.83. The molecule has 1 aromatic heterocycles. The summed E-state index contributed by atoms with van der Waals surface area (Å²) in [6, 6.07) is 11.9. The van der Waals surface area contributed by atoms with Gasteiger partial charge in [-0.25, -0.2) is 0 Å². The number of fused-ring (bicyclic) bond motifs is 1. The molecule has 1 heterocycles. The number of rotatable bonds is 4. The molecule has 3 atom stereocenters. The molecule has 0 saturated heterocycles. The Bertz CT molecular complexity index is 498. The summed E-state index contributed by atoms with van der Waals surface area (Å²) in [7, 11) is 0. The molecule has 0 amide bonds. The van der Waals surface area contributed by atoms with Crippen molar-refractivity contribution in [3.05, 3.63) is 35.2 Å². The second kappa shape index (κ2) is 5.02. The van der Waals surface area contributed by atoms with Gasteiger partial charge in [0.2, 0.25) is 0 Å². The van der Waals surface area contributed by atoms with Crippen molar-refractivity contribution < 1.29 is 0 Å². The minimum Gasteiger partial charge on any atom is -0.314 e. The lowest BCUT2D eigenvalue weighted by molar-refractivity contribution is 0.165. The highest BCUT2D eigenvalue weighted by Crippen LogP contribution is 2.47. The summed E-state index contributed by atoms with van der Waals surface area (Å²) in [6.45, 7) is 5.63. The predicted molar refractivity (Wildman–Crippen MR) is 80.4 cm³/mol. The molecule has 2 aromatic rings. The van der Waals surface area contributed by atoms with Gasteiger partial charge in [-0.1, -0.05) is 38.5 Å². The van der Waals surface area contributed by atoms with E-state index in [-0.39, 0.29) is 0 Å². The van der Waals surface area contributed by atoms with E-state index in [1.165, 1.54) is 22.9 Å². The van der Waals surface area contributed by atoms with Crippen molar-refractivity contribution in [1.29, 1.82) is 0 Å². The molecule has 3 rings (SSSR count). The van der Waals surface area contributed by atoms with Gasteiger partial charge in [0.05, 0.1) is 0 Å². The number of nitrogens with one attached hydrogen (secondary N) is 1. The van der Waals surface area contributed by atoms with Gasteiger partial charge in [-0.05, 0) is 42.3 Å². The minimum absolute atomic E-state index is 0.746. The van der Waals surface area contributed by atoms with Gasteiger partial charge in [0.15, 0.2) is 0 Å². The molecule has 1 N–H and O–H groups in total. The van der Waals surface area contributed by atoms with Crippen LogP contribution in [0, 0.1) is 5.92 Å². The molecule has 0 bridgehead atoms. The van der Waals surface area contributed by atoms with Crippen molar-refractivity contribution in [2.75, 3.05) is 6.54 Å². The summed E-state index contributed by atoms with van der Waals surface area (Å²) in [5.74, 6) is 1.62. The van der Waals surface area contributed by atoms with Crippen LogP contribution in [-0.2, 0) is 0 Å². The van der Waals surface area contributed by atoms with Crippen LogP contribution < -0.4 is 5.32 Å². The molecule has 1 fully saturated rings. The first-order valence-electron chi connectivity index (χ1n) is 7.05. The quantitative estimate of drug-likeness (QED) is 0.858. The summed E-state index contributed by atoms with van der Waals surface area (Å²) in [4.78, 5) is 1.59. The Morgan fingerprint density at radius 2 is 2.11 bits per heavy atom. The molecule has 0 spiro atoms. The van der Waals surface area contributed by atoms with Crippen LogP contribution in [0.15, 0.2) is 30.3 Å². The van der Waals surface area contributed by atoms with E-state index in [0.717, 1.165) is 24.4 Å². The highest BCUT2D eigenvalue weighted by Gasteiger charge is 2.40. The molecule has 0 radical (unpaired) electrons. The fourth-order valence-electron chi connectivity index (χ4n) is 3.29. The first-order valence-corrected chi connectivity index (χ1v) is 7.87. The van der Waals surface area contributed by atoms with Gasteiger partial charge in [-0.3, -0.25) is 0 Å². The lowest BCUT2D eigenvalue weighted by Crippen LogP contribution is -2.48. The van der Waals surface area contributed by atoms with Crippen LogP contribution in [0.3, 0.4) is 0 Å². The summed E-state index contributed by atoms with van der Waals surface area (Å²) in [6.07, 6.45) is 2.61. The van der Waals surface area contributed by atoms with Crippen molar-refractivity contribution in [3.63, 3.8) is 0 Å². The summed E-state index contributed by atoms with van der Waals surface area (Å²) in [5.41, 5.74) is 0. The highest BCUT2D eigenvalue weighted by atomic mass is 32.1. The fourth-order valence-corrected chi connectivity index (χ4v) is 4.54. The van der Waals surface area contributed by atoms with E-state index < -0.39 is 0 Å². The van der Waals surface area contributed by atoms with Crippen LogP contribution in [-0.4, -0.2) is 12.6 Å². The Labute approximate surface area is 113 Å². The molecule has 1 nitrogen and oxygen atoms in total. The number of benzene rings is 1. The molecule has 3 unspecified atom stereocenters. The average Bonchev–Trinajstić information content (AvgIpc) is 2.77. The maximum Gasteiger partial charge on any atom is 0.0345 e. The molecule has 1 aliphatic carbocycles. The molecule has 96 valence electrons. The SMILES string of the molecule is CCNC1CC(c2cc3ccccc3s2)C1CC. The van der Waals surface area contributed by atoms with Crippen LogP contribution in [0.1, 0.15) is 37.5 Å². The minimum atomic E-state index is 0.746. The number of hydrogen-bond acceptors (Lipinski definition) is 2. The fraction of sp³-hybridized carbons (Fsp3) is 0.500. The van der Waals surface area contributed by atoms with Crippen molar-refractivity contribution in [2.45, 2.75) is 38.6 Å². The topological polar surface area (TPSA) is 12.0 Å². The van der Waals surface area contributed by atoms with Gasteiger partial charge >= 0.3 is 0 Å². The van der Waals surface area contributed by atoms with Gasteiger partial charge in [0.25, 0.3) is 0 Å². The highest BCUT2D eigenvalue weighted by molar-refractivity contribution is 7.19. The van der Waals surface area contributed by atoms with E-state index in [0.29, 0.717) is 0 Å². The van der Waals surface area contributed by atoms with Crippen molar-refractivity contribution in [1.82, 2.24) is 5.32 Å². The number of hydrogen-bond donors (Lipinski definition) is 1. The molecule has 2 heteroatoms. The number of thiophene rings is 1. The maximum atomic E-state index is 3.62. The molecular weight excluding hydrogens is 238 g/mol. The van der Waals surface area contributed by atoms with Gasteiger partial charge in [0.1, 0.15) is 0 Å². The smallest absolute Gasteiger partial charge is 0.0345 e.